The van der Waals surface area contributed by atoms with Crippen LogP contribution in [0.3, 0.4) is 0 Å². The normalized spacial score (nSPS) is 17.4. The van der Waals surface area contributed by atoms with Crippen LogP contribution in [0, 0.1) is 0 Å². The van der Waals surface area contributed by atoms with E-state index < -0.39 is 5.97 Å². The Kier molecular flexibility index (Phi) is 4.85. The Morgan fingerprint density at radius 2 is 2.25 bits per heavy atom. The van der Waals surface area contributed by atoms with E-state index in [1.165, 1.54) is 10.9 Å². The number of hydrogen-bond donors (Lipinski definition) is 2. The van der Waals surface area contributed by atoms with Gasteiger partial charge in [0.2, 0.25) is 5.91 Å². The lowest BCUT2D eigenvalue weighted by Crippen LogP contribution is -2.25. The van der Waals surface area contributed by atoms with Gasteiger partial charge in [-0.05, 0) is 37.5 Å². The zero-order chi connectivity index (χ0) is 16.9. The number of aromatic nitrogens is 3. The average molecular weight is 330 g/mol. The summed E-state index contributed by atoms with van der Waals surface area (Å²) in [4.78, 5) is 23.0. The van der Waals surface area contributed by atoms with Crippen LogP contribution in [0.5, 0.6) is 0 Å². The monoisotopic (exact) mass is 330 g/mol. The first-order valence-corrected chi connectivity index (χ1v) is 7.79. The van der Waals surface area contributed by atoms with Gasteiger partial charge in [0.05, 0.1) is 24.4 Å². The van der Waals surface area contributed by atoms with Crippen LogP contribution in [-0.2, 0) is 9.53 Å². The number of nitrogens with one attached hydrogen (secondary N) is 1. The van der Waals surface area contributed by atoms with Crippen LogP contribution in [0.4, 0.5) is 5.69 Å². The maximum Gasteiger partial charge on any atom is 0.358 e. The highest BCUT2D eigenvalue weighted by Gasteiger charge is 2.18. The van der Waals surface area contributed by atoms with Gasteiger partial charge in [0.1, 0.15) is 0 Å². The molecule has 2 N–H and O–H groups in total. The van der Waals surface area contributed by atoms with E-state index >= 15 is 0 Å². The Hall–Kier alpha value is -2.74. The molecule has 1 aromatic carbocycles. The largest absolute Gasteiger partial charge is 0.476 e. The van der Waals surface area contributed by atoms with Gasteiger partial charge in [-0.2, -0.15) is 0 Å². The molecule has 126 valence electrons. The van der Waals surface area contributed by atoms with Gasteiger partial charge in [0, 0.05) is 12.3 Å². The van der Waals surface area contributed by atoms with E-state index in [9.17, 15) is 9.59 Å². The summed E-state index contributed by atoms with van der Waals surface area (Å²) in [5, 5.41) is 19.1. The summed E-state index contributed by atoms with van der Waals surface area (Å²) in [7, 11) is 0. The number of aromatic carboxylic acids is 1. The van der Waals surface area contributed by atoms with Gasteiger partial charge in [-0.15, -0.1) is 5.10 Å². The highest BCUT2D eigenvalue weighted by molar-refractivity contribution is 5.91. The van der Waals surface area contributed by atoms with Crippen molar-refractivity contribution in [1.82, 2.24) is 15.0 Å². The molecule has 2 aromatic rings. The second-order valence-corrected chi connectivity index (χ2v) is 5.64. The highest BCUT2D eigenvalue weighted by Crippen LogP contribution is 2.18. The molecular weight excluding hydrogens is 312 g/mol. The van der Waals surface area contributed by atoms with E-state index in [4.69, 9.17) is 9.84 Å². The van der Waals surface area contributed by atoms with Crippen molar-refractivity contribution in [3.63, 3.8) is 0 Å². The summed E-state index contributed by atoms with van der Waals surface area (Å²) in [5.74, 6) is -1.25. The van der Waals surface area contributed by atoms with E-state index in [2.05, 4.69) is 15.6 Å². The van der Waals surface area contributed by atoms with E-state index in [1.807, 2.05) is 0 Å². The molecule has 0 bridgehead atoms. The van der Waals surface area contributed by atoms with Crippen molar-refractivity contribution in [2.24, 2.45) is 0 Å². The van der Waals surface area contributed by atoms with Gasteiger partial charge < -0.3 is 15.2 Å². The fraction of sp³-hybridized carbons (Fsp3) is 0.375. The van der Waals surface area contributed by atoms with Gasteiger partial charge in [0.15, 0.2) is 5.69 Å². The Morgan fingerprint density at radius 1 is 1.38 bits per heavy atom. The molecule has 2 heterocycles. The average Bonchev–Trinajstić information content (AvgIpc) is 3.06. The predicted molar refractivity (Wildman–Crippen MR) is 85.2 cm³/mol. The third-order valence-corrected chi connectivity index (χ3v) is 3.79. The molecule has 1 unspecified atom stereocenters. The number of carboxylic acid groups (broad SMARTS) is 1. The van der Waals surface area contributed by atoms with E-state index in [1.54, 1.807) is 24.3 Å². The second-order valence-electron chi connectivity index (χ2n) is 5.64. The lowest BCUT2D eigenvalue weighted by Gasteiger charge is -2.21. The molecule has 8 nitrogen and oxygen atoms in total. The molecule has 1 fully saturated rings. The van der Waals surface area contributed by atoms with Crippen LogP contribution in [0.15, 0.2) is 30.5 Å². The summed E-state index contributed by atoms with van der Waals surface area (Å²) in [5.41, 5.74) is 1.08. The number of carbonyl (C=O) groups excluding carboxylic acids is 1. The molecule has 8 heteroatoms. The summed E-state index contributed by atoms with van der Waals surface area (Å²) in [6, 6.07) is 6.97. The quantitative estimate of drug-likeness (QED) is 0.867. The minimum Gasteiger partial charge on any atom is -0.476 e. The predicted octanol–water partition coefficient (Wildman–Crippen LogP) is 1.86. The summed E-state index contributed by atoms with van der Waals surface area (Å²) in [6.45, 7) is 0.714. The smallest absolute Gasteiger partial charge is 0.358 e. The lowest BCUT2D eigenvalue weighted by atomic mass is 10.1. The molecule has 0 aliphatic carbocycles. The molecule has 1 atom stereocenters. The maximum absolute atomic E-state index is 12.1. The van der Waals surface area contributed by atoms with Crippen LogP contribution in [0.25, 0.3) is 5.69 Å². The Labute approximate surface area is 138 Å². The molecule has 0 spiro atoms. The van der Waals surface area contributed by atoms with Gasteiger partial charge in [-0.25, -0.2) is 9.48 Å². The molecule has 1 saturated heterocycles. The fourth-order valence-electron chi connectivity index (χ4n) is 2.60. The first kappa shape index (κ1) is 16.1. The van der Waals surface area contributed by atoms with Crippen molar-refractivity contribution in [3.05, 3.63) is 36.2 Å². The molecule has 24 heavy (non-hydrogen) atoms. The van der Waals surface area contributed by atoms with Gasteiger partial charge in [-0.1, -0.05) is 11.3 Å². The van der Waals surface area contributed by atoms with Gasteiger partial charge >= 0.3 is 5.97 Å². The minimum absolute atomic E-state index is 0.0182. The summed E-state index contributed by atoms with van der Waals surface area (Å²) < 4.78 is 6.92. The number of nitrogens with zero attached hydrogens (tertiary/aromatic N) is 3. The minimum atomic E-state index is -1.14. The van der Waals surface area contributed by atoms with E-state index in [0.717, 1.165) is 19.3 Å². The molecule has 3 rings (SSSR count). The van der Waals surface area contributed by atoms with Crippen molar-refractivity contribution in [2.45, 2.75) is 31.8 Å². The number of carbonyl (C=O) groups is 2. The number of carboxylic acids is 1. The van der Waals surface area contributed by atoms with Crippen molar-refractivity contribution in [1.29, 1.82) is 0 Å². The molecule has 0 radical (unpaired) electrons. The van der Waals surface area contributed by atoms with Crippen LogP contribution >= 0.6 is 0 Å². The van der Waals surface area contributed by atoms with Crippen LogP contribution in [0.1, 0.15) is 36.2 Å². The number of hydrogen-bond acceptors (Lipinski definition) is 5. The number of amides is 1. The van der Waals surface area contributed by atoms with Gasteiger partial charge in [-0.3, -0.25) is 4.79 Å². The zero-order valence-corrected chi connectivity index (χ0v) is 13.0. The number of benzene rings is 1. The standard InChI is InChI=1S/C16H18N4O4/c21-15(9-13-6-1-2-7-24-13)17-11-4-3-5-12(8-11)20-10-14(16(22)23)18-19-20/h3-5,8,10,13H,1-2,6-7,9H2,(H,17,21)(H,22,23). The van der Waals surface area contributed by atoms with E-state index in [0.29, 0.717) is 24.4 Å². The summed E-state index contributed by atoms with van der Waals surface area (Å²) >= 11 is 0. The van der Waals surface area contributed by atoms with Gasteiger partial charge in [0.25, 0.3) is 0 Å². The Balaban J connectivity index is 1.66. The van der Waals surface area contributed by atoms with Crippen molar-refractivity contribution in [3.8, 4) is 5.69 Å². The zero-order valence-electron chi connectivity index (χ0n) is 13.0. The topological polar surface area (TPSA) is 106 Å². The third kappa shape index (κ3) is 3.96. The van der Waals surface area contributed by atoms with E-state index in [-0.39, 0.29) is 17.7 Å². The summed E-state index contributed by atoms with van der Waals surface area (Å²) in [6.07, 6.45) is 4.68. The number of rotatable bonds is 5. The lowest BCUT2D eigenvalue weighted by molar-refractivity contribution is -0.119. The first-order valence-electron chi connectivity index (χ1n) is 7.79. The molecule has 1 aliphatic heterocycles. The Bertz CT molecular complexity index is 737. The van der Waals surface area contributed by atoms with Crippen LogP contribution < -0.4 is 5.32 Å². The molecular formula is C16H18N4O4. The number of anilines is 1. The third-order valence-electron chi connectivity index (χ3n) is 3.79. The maximum atomic E-state index is 12.1. The SMILES string of the molecule is O=C(CC1CCCCO1)Nc1cccc(-n2cc(C(=O)O)nn2)c1. The molecule has 1 aliphatic rings. The van der Waals surface area contributed by atoms with Crippen LogP contribution in [-0.4, -0.2) is 44.7 Å². The van der Waals surface area contributed by atoms with Crippen molar-refractivity contribution < 1.29 is 19.4 Å². The molecule has 1 aromatic heterocycles. The number of ether oxygens (including phenoxy) is 1. The van der Waals surface area contributed by atoms with Crippen molar-refractivity contribution in [2.75, 3.05) is 11.9 Å². The first-order chi connectivity index (χ1) is 11.6. The van der Waals surface area contributed by atoms with Crippen LogP contribution in [0.2, 0.25) is 0 Å². The Morgan fingerprint density at radius 3 is 2.96 bits per heavy atom. The van der Waals surface area contributed by atoms with Crippen molar-refractivity contribution >= 4 is 17.6 Å². The highest BCUT2D eigenvalue weighted by atomic mass is 16.5. The molecule has 1 amide bonds. The second kappa shape index (κ2) is 7.22. The fourth-order valence-corrected chi connectivity index (χ4v) is 2.60. The molecule has 0 saturated carbocycles.